The Balaban J connectivity index is 1.84. The molecule has 2 aromatic carbocycles. The fourth-order valence-corrected chi connectivity index (χ4v) is 3.42. The summed E-state index contributed by atoms with van der Waals surface area (Å²) in [5.41, 5.74) is 1.38. The molecule has 45 heavy (non-hydrogen) atoms. The Labute approximate surface area is 254 Å². The second-order valence-corrected chi connectivity index (χ2v) is 8.79. The first kappa shape index (κ1) is 34.9. The van der Waals surface area contributed by atoms with Crippen LogP contribution in [0.1, 0.15) is 25.0 Å². The van der Waals surface area contributed by atoms with Crippen molar-refractivity contribution in [2.24, 2.45) is 15.0 Å². The SMILES string of the molecule is CC(OC(=O)C(Cc1ccc(N=C=O)cc1)N=C=O)C(=O)OCOC(=O)C(C)OC(=O)C(Cc1ccc(OC#N)cc1)N=C=O. The predicted molar refractivity (Wildman–Crippen MR) is 146 cm³/mol. The fourth-order valence-electron chi connectivity index (χ4n) is 3.42. The second-order valence-electron chi connectivity index (χ2n) is 8.79. The molecular weight excluding hydrogens is 596 g/mol. The molecule has 0 aliphatic rings. The molecule has 0 aromatic heterocycles. The van der Waals surface area contributed by atoms with E-state index in [0.29, 0.717) is 16.8 Å². The number of aliphatic imine (C=N–C) groups is 3. The summed E-state index contributed by atoms with van der Waals surface area (Å²) >= 11 is 0. The van der Waals surface area contributed by atoms with Crippen molar-refractivity contribution in [1.29, 1.82) is 5.26 Å². The number of hydrogen-bond acceptors (Lipinski definition) is 16. The van der Waals surface area contributed by atoms with E-state index >= 15 is 0 Å². The number of hydrogen-bond donors (Lipinski definition) is 0. The average Bonchev–Trinajstić information content (AvgIpc) is 3.02. The summed E-state index contributed by atoms with van der Waals surface area (Å²) in [5, 5.41) is 8.54. The van der Waals surface area contributed by atoms with Gasteiger partial charge in [0.15, 0.2) is 24.3 Å². The highest BCUT2D eigenvalue weighted by atomic mass is 16.7. The molecule has 0 saturated heterocycles. The lowest BCUT2D eigenvalue weighted by Gasteiger charge is -2.17. The summed E-state index contributed by atoms with van der Waals surface area (Å²) in [4.78, 5) is 91.7. The molecule has 0 aliphatic heterocycles. The van der Waals surface area contributed by atoms with Gasteiger partial charge in [0.2, 0.25) is 25.0 Å². The standard InChI is InChI=1S/C29H24N4O12/c1-18(44-28(39)24(32-15-35)11-20-3-7-22(8-4-20)31-14-34)26(37)42-17-43-27(38)19(2)45-29(40)25(33-16-36)12-21-5-9-23(10-6-21)41-13-30/h3-10,18-19,24-25H,11-12,17H2,1-2H3. The first-order valence-electron chi connectivity index (χ1n) is 12.8. The Bertz CT molecular complexity index is 1550. The third-order valence-corrected chi connectivity index (χ3v) is 5.67. The van der Waals surface area contributed by atoms with Gasteiger partial charge in [0.05, 0.1) is 5.69 Å². The number of nitrogens with zero attached hydrogens (tertiary/aromatic N) is 4. The lowest BCUT2D eigenvalue weighted by atomic mass is 10.1. The van der Waals surface area contributed by atoms with Crippen molar-refractivity contribution in [3.05, 3.63) is 59.7 Å². The predicted octanol–water partition coefficient (Wildman–Crippen LogP) is 1.62. The molecule has 4 atom stereocenters. The minimum absolute atomic E-state index is 0.0985. The first-order chi connectivity index (χ1) is 21.6. The molecule has 2 aromatic rings. The molecule has 0 spiro atoms. The van der Waals surface area contributed by atoms with Crippen molar-refractivity contribution in [2.75, 3.05) is 6.79 Å². The van der Waals surface area contributed by atoms with Crippen LogP contribution in [0, 0.1) is 11.5 Å². The Morgan fingerprint density at radius 1 is 0.689 bits per heavy atom. The lowest BCUT2D eigenvalue weighted by Crippen LogP contribution is -2.34. The van der Waals surface area contributed by atoms with Crippen LogP contribution in [-0.4, -0.2) is 73.2 Å². The van der Waals surface area contributed by atoms with Crippen LogP contribution in [0.25, 0.3) is 0 Å². The van der Waals surface area contributed by atoms with Gasteiger partial charge in [-0.05, 0) is 49.2 Å². The van der Waals surface area contributed by atoms with Crippen molar-refractivity contribution < 1.29 is 57.2 Å². The number of ether oxygens (including phenoxy) is 5. The van der Waals surface area contributed by atoms with Crippen molar-refractivity contribution in [3.8, 4) is 12.0 Å². The first-order valence-corrected chi connectivity index (χ1v) is 12.8. The van der Waals surface area contributed by atoms with E-state index in [1.807, 2.05) is 0 Å². The van der Waals surface area contributed by atoms with Crippen molar-refractivity contribution >= 4 is 47.8 Å². The molecule has 0 bridgehead atoms. The summed E-state index contributed by atoms with van der Waals surface area (Å²) in [6.45, 7) is 1.40. The summed E-state index contributed by atoms with van der Waals surface area (Å²) in [6.07, 6.45) is 2.22. The Morgan fingerprint density at radius 2 is 1.13 bits per heavy atom. The van der Waals surface area contributed by atoms with Crippen molar-refractivity contribution in [2.45, 2.75) is 51.0 Å². The summed E-state index contributed by atoms with van der Waals surface area (Å²) in [7, 11) is 0. The van der Waals surface area contributed by atoms with E-state index in [2.05, 4.69) is 19.7 Å². The third kappa shape index (κ3) is 11.9. The molecule has 0 heterocycles. The maximum atomic E-state index is 12.5. The molecule has 16 heteroatoms. The van der Waals surface area contributed by atoms with Gasteiger partial charge in [-0.15, -0.1) is 5.26 Å². The molecule has 0 N–H and O–H groups in total. The minimum Gasteiger partial charge on any atom is -0.449 e. The highest BCUT2D eigenvalue weighted by Crippen LogP contribution is 2.16. The normalized spacial score (nSPS) is 12.5. The van der Waals surface area contributed by atoms with Gasteiger partial charge < -0.3 is 23.7 Å². The second kappa shape index (κ2) is 18.3. The highest BCUT2D eigenvalue weighted by Gasteiger charge is 2.28. The van der Waals surface area contributed by atoms with Crippen LogP contribution in [0.4, 0.5) is 5.69 Å². The van der Waals surface area contributed by atoms with E-state index in [-0.39, 0.29) is 18.6 Å². The lowest BCUT2D eigenvalue weighted by molar-refractivity contribution is -0.185. The molecule has 0 amide bonds. The van der Waals surface area contributed by atoms with Gasteiger partial charge in [-0.25, -0.2) is 33.6 Å². The van der Waals surface area contributed by atoms with Gasteiger partial charge in [-0.3, -0.25) is 0 Å². The van der Waals surface area contributed by atoms with Crippen LogP contribution < -0.4 is 4.74 Å². The van der Waals surface area contributed by atoms with Gasteiger partial charge in [0.25, 0.3) is 6.26 Å². The number of esters is 4. The summed E-state index contributed by atoms with van der Waals surface area (Å²) < 4.78 is 24.2. The number of rotatable bonds is 16. The molecule has 0 aliphatic carbocycles. The van der Waals surface area contributed by atoms with Gasteiger partial charge in [0, 0.05) is 12.8 Å². The Morgan fingerprint density at radius 3 is 1.53 bits per heavy atom. The number of nitriles is 1. The van der Waals surface area contributed by atoms with E-state index in [9.17, 15) is 33.6 Å². The topological polar surface area (TPSA) is 227 Å². The quantitative estimate of drug-likeness (QED) is 0.0650. The average molecular weight is 621 g/mol. The number of carbonyl (C=O) groups is 4. The van der Waals surface area contributed by atoms with E-state index < -0.39 is 55.0 Å². The molecule has 4 unspecified atom stereocenters. The molecule has 2 rings (SSSR count). The van der Waals surface area contributed by atoms with Crippen LogP contribution in [-0.2, 0) is 65.4 Å². The minimum atomic E-state index is -1.50. The zero-order valence-electron chi connectivity index (χ0n) is 23.7. The number of isocyanates is 3. The van der Waals surface area contributed by atoms with Crippen molar-refractivity contribution in [3.63, 3.8) is 0 Å². The van der Waals surface area contributed by atoms with Crippen LogP contribution in [0.5, 0.6) is 5.75 Å². The molecule has 232 valence electrons. The summed E-state index contributed by atoms with van der Waals surface area (Å²) in [6, 6.07) is 9.29. The van der Waals surface area contributed by atoms with Gasteiger partial charge in [0.1, 0.15) is 5.75 Å². The zero-order valence-corrected chi connectivity index (χ0v) is 23.7. The monoisotopic (exact) mass is 620 g/mol. The van der Waals surface area contributed by atoms with E-state index in [4.69, 9.17) is 24.2 Å². The largest absolute Gasteiger partial charge is 0.449 e. The Kier molecular flexibility index (Phi) is 14.2. The van der Waals surface area contributed by atoms with Gasteiger partial charge in [-0.2, -0.15) is 15.0 Å². The molecular formula is C29H24N4O12. The highest BCUT2D eigenvalue weighted by molar-refractivity contribution is 5.83. The van der Waals surface area contributed by atoms with Crippen LogP contribution >= 0.6 is 0 Å². The molecule has 0 saturated carbocycles. The van der Waals surface area contributed by atoms with Gasteiger partial charge >= 0.3 is 23.9 Å². The molecule has 0 radical (unpaired) electrons. The fraction of sp³-hybridized carbons (Fsp3) is 0.310. The third-order valence-electron chi connectivity index (χ3n) is 5.67. The molecule has 16 nitrogen and oxygen atoms in total. The van der Waals surface area contributed by atoms with Crippen LogP contribution in [0.2, 0.25) is 0 Å². The van der Waals surface area contributed by atoms with E-state index in [0.717, 1.165) is 6.92 Å². The van der Waals surface area contributed by atoms with Crippen molar-refractivity contribution in [1.82, 2.24) is 0 Å². The number of carbonyl (C=O) groups excluding carboxylic acids is 7. The molecule has 0 fully saturated rings. The maximum absolute atomic E-state index is 12.5. The van der Waals surface area contributed by atoms with E-state index in [1.165, 1.54) is 79.9 Å². The van der Waals surface area contributed by atoms with E-state index in [1.54, 1.807) is 0 Å². The van der Waals surface area contributed by atoms with Gasteiger partial charge in [-0.1, -0.05) is 24.3 Å². The smallest absolute Gasteiger partial charge is 0.350 e. The van der Waals surface area contributed by atoms with Crippen LogP contribution in [0.15, 0.2) is 63.5 Å². The van der Waals surface area contributed by atoms with Crippen LogP contribution in [0.3, 0.4) is 0 Å². The number of benzene rings is 2. The summed E-state index contributed by atoms with van der Waals surface area (Å²) in [5.74, 6) is -4.06. The maximum Gasteiger partial charge on any atom is 0.350 e. The Hall–Kier alpha value is -6.25. The zero-order chi connectivity index (χ0) is 33.2.